The van der Waals surface area contributed by atoms with Crippen molar-refractivity contribution in [3.63, 3.8) is 0 Å². The Hall–Kier alpha value is -5.17. The second-order valence-electron chi connectivity index (χ2n) is 7.81. The first-order chi connectivity index (χ1) is 17.2. The third-order valence-electron chi connectivity index (χ3n) is 5.66. The zero-order valence-electron chi connectivity index (χ0n) is 19.5. The Morgan fingerprint density at radius 2 is 1.86 bits per heavy atom. The fraction of sp³-hybridized carbons (Fsp3) is 0.115. The van der Waals surface area contributed by atoms with Gasteiger partial charge in [-0.2, -0.15) is 5.26 Å². The lowest BCUT2D eigenvalue weighted by molar-refractivity contribution is -0.116. The average Bonchev–Trinajstić information content (AvgIpc) is 3.30. The van der Waals surface area contributed by atoms with Crippen molar-refractivity contribution >= 4 is 40.1 Å². The van der Waals surface area contributed by atoms with Crippen LogP contribution in [0, 0.1) is 11.3 Å². The van der Waals surface area contributed by atoms with Gasteiger partial charge < -0.3 is 24.6 Å². The van der Waals surface area contributed by atoms with Crippen LogP contribution >= 0.6 is 0 Å². The predicted octanol–water partition coefficient (Wildman–Crippen LogP) is 4.31. The van der Waals surface area contributed by atoms with Gasteiger partial charge in [-0.1, -0.05) is 23.4 Å². The van der Waals surface area contributed by atoms with E-state index in [2.05, 4.69) is 10.5 Å². The second-order valence-corrected chi connectivity index (χ2v) is 7.81. The average molecular weight is 484 g/mol. The number of carboxylic acids is 1. The smallest absolute Gasteiger partial charge is 0.337 e. The molecule has 4 rings (SSSR count). The molecule has 0 aliphatic heterocycles. The van der Waals surface area contributed by atoms with Gasteiger partial charge in [0.25, 0.3) is 5.91 Å². The summed E-state index contributed by atoms with van der Waals surface area (Å²) in [6.07, 6.45) is 0. The molecule has 10 heteroatoms. The van der Waals surface area contributed by atoms with Crippen LogP contribution in [0.1, 0.15) is 33.3 Å². The van der Waals surface area contributed by atoms with Gasteiger partial charge in [-0.15, -0.1) is 0 Å². The molecular formula is C26H20N4O6. The number of hydrogen-bond donors (Lipinski definition) is 2. The minimum Gasteiger partial charge on any atom is -0.496 e. The number of anilines is 2. The highest BCUT2D eigenvalue weighted by Gasteiger charge is 2.24. The summed E-state index contributed by atoms with van der Waals surface area (Å²) in [5, 5.41) is 25.3. The Labute approximate surface area is 205 Å². The number of carbonyl (C=O) groups is 3. The molecule has 0 saturated heterocycles. The standard InChI is InChI=1S/C26H20N4O6/c1-14(31)30(2)21-11-19-23(12-17(21)16-6-4-5-7-22(16)35-3)36-29-24(19)25(32)28-20-9-8-15(13-27)10-18(20)26(33)34/h4-12H,1-3H3,(H,28,32)(H,33,34). The minimum atomic E-state index is -1.31. The van der Waals surface area contributed by atoms with E-state index in [4.69, 9.17) is 14.5 Å². The monoisotopic (exact) mass is 484 g/mol. The number of benzene rings is 3. The molecule has 1 heterocycles. The first-order valence-corrected chi connectivity index (χ1v) is 10.6. The number of carboxylic acid groups (broad SMARTS) is 1. The zero-order valence-corrected chi connectivity index (χ0v) is 19.5. The zero-order chi connectivity index (χ0) is 26.0. The van der Waals surface area contributed by atoms with E-state index in [1.807, 2.05) is 24.3 Å². The molecule has 0 radical (unpaired) electrons. The lowest BCUT2D eigenvalue weighted by atomic mass is 9.99. The molecule has 0 aliphatic carbocycles. The number of para-hydroxylation sites is 1. The van der Waals surface area contributed by atoms with Crippen LogP contribution in [-0.2, 0) is 4.79 Å². The van der Waals surface area contributed by atoms with Crippen molar-refractivity contribution in [2.24, 2.45) is 0 Å². The van der Waals surface area contributed by atoms with E-state index in [9.17, 15) is 19.5 Å². The lowest BCUT2D eigenvalue weighted by Crippen LogP contribution is -2.23. The number of nitrogens with one attached hydrogen (secondary N) is 1. The van der Waals surface area contributed by atoms with E-state index < -0.39 is 11.9 Å². The molecule has 0 saturated carbocycles. The lowest BCUT2D eigenvalue weighted by Gasteiger charge is -2.20. The number of methoxy groups -OCH3 is 1. The number of nitriles is 1. The van der Waals surface area contributed by atoms with Crippen molar-refractivity contribution in [3.05, 3.63) is 71.4 Å². The van der Waals surface area contributed by atoms with E-state index >= 15 is 0 Å². The number of aromatic carboxylic acids is 1. The van der Waals surface area contributed by atoms with Gasteiger partial charge in [0.15, 0.2) is 11.3 Å². The molecule has 2 amide bonds. The highest BCUT2D eigenvalue weighted by molar-refractivity contribution is 6.14. The van der Waals surface area contributed by atoms with Crippen LogP contribution in [-0.4, -0.2) is 42.2 Å². The summed E-state index contributed by atoms with van der Waals surface area (Å²) in [6, 6.07) is 16.3. The first-order valence-electron chi connectivity index (χ1n) is 10.6. The Morgan fingerprint density at radius 3 is 2.53 bits per heavy atom. The van der Waals surface area contributed by atoms with Crippen LogP contribution < -0.4 is 15.0 Å². The third-order valence-corrected chi connectivity index (χ3v) is 5.66. The summed E-state index contributed by atoms with van der Waals surface area (Å²) in [7, 11) is 3.14. The number of carbonyl (C=O) groups excluding carboxylic acids is 2. The van der Waals surface area contributed by atoms with E-state index in [0.29, 0.717) is 28.0 Å². The van der Waals surface area contributed by atoms with Gasteiger partial charge in [-0.25, -0.2) is 4.79 Å². The van der Waals surface area contributed by atoms with Gasteiger partial charge in [0.1, 0.15) is 5.75 Å². The van der Waals surface area contributed by atoms with Crippen LogP contribution in [0.5, 0.6) is 5.75 Å². The van der Waals surface area contributed by atoms with Crippen LogP contribution in [0.15, 0.2) is 59.1 Å². The summed E-state index contributed by atoms with van der Waals surface area (Å²) in [5.41, 5.74) is 1.88. The molecule has 4 aromatic rings. The van der Waals surface area contributed by atoms with Crippen LogP contribution in [0.4, 0.5) is 11.4 Å². The Bertz CT molecular complexity index is 1570. The van der Waals surface area contributed by atoms with E-state index in [0.717, 1.165) is 6.07 Å². The Morgan fingerprint density at radius 1 is 1.11 bits per heavy atom. The number of aromatic nitrogens is 1. The van der Waals surface area contributed by atoms with Gasteiger partial charge in [0.05, 0.1) is 41.1 Å². The van der Waals surface area contributed by atoms with Crippen molar-refractivity contribution < 1.29 is 28.8 Å². The molecule has 36 heavy (non-hydrogen) atoms. The molecule has 2 N–H and O–H groups in total. The van der Waals surface area contributed by atoms with Crippen molar-refractivity contribution in [2.75, 3.05) is 24.4 Å². The highest BCUT2D eigenvalue weighted by Crippen LogP contribution is 2.40. The molecule has 180 valence electrons. The molecular weight excluding hydrogens is 464 g/mol. The maximum Gasteiger partial charge on any atom is 0.337 e. The predicted molar refractivity (Wildman–Crippen MR) is 131 cm³/mol. The van der Waals surface area contributed by atoms with Gasteiger partial charge in [-0.3, -0.25) is 9.59 Å². The van der Waals surface area contributed by atoms with Crippen molar-refractivity contribution in [1.82, 2.24) is 5.16 Å². The topological polar surface area (TPSA) is 146 Å². The van der Waals surface area contributed by atoms with E-state index in [-0.39, 0.29) is 34.0 Å². The summed E-state index contributed by atoms with van der Waals surface area (Å²) in [6.45, 7) is 1.41. The molecule has 10 nitrogen and oxygen atoms in total. The quantitative estimate of drug-likeness (QED) is 0.412. The molecule has 0 atom stereocenters. The minimum absolute atomic E-state index is 0.00521. The van der Waals surface area contributed by atoms with Crippen LogP contribution in [0.25, 0.3) is 22.1 Å². The maximum absolute atomic E-state index is 13.1. The second kappa shape index (κ2) is 9.60. The van der Waals surface area contributed by atoms with E-state index in [1.54, 1.807) is 25.2 Å². The third kappa shape index (κ3) is 4.33. The first kappa shape index (κ1) is 24.0. The summed E-state index contributed by atoms with van der Waals surface area (Å²) in [4.78, 5) is 38.4. The Kier molecular flexibility index (Phi) is 6.39. The Balaban J connectivity index is 1.83. The summed E-state index contributed by atoms with van der Waals surface area (Å²) >= 11 is 0. The number of fused-ring (bicyclic) bond motifs is 1. The number of nitrogens with zero attached hydrogens (tertiary/aromatic N) is 3. The van der Waals surface area contributed by atoms with Crippen molar-refractivity contribution in [1.29, 1.82) is 5.26 Å². The van der Waals surface area contributed by atoms with Gasteiger partial charge in [-0.05, 0) is 36.4 Å². The molecule has 0 bridgehead atoms. The molecule has 0 fully saturated rings. The number of rotatable bonds is 6. The normalized spacial score (nSPS) is 10.5. The molecule has 0 unspecified atom stereocenters. The molecule has 1 aromatic heterocycles. The fourth-order valence-corrected chi connectivity index (χ4v) is 3.75. The molecule has 0 spiro atoms. The van der Waals surface area contributed by atoms with Gasteiger partial charge in [0, 0.05) is 25.1 Å². The number of hydrogen-bond acceptors (Lipinski definition) is 7. The highest BCUT2D eigenvalue weighted by atomic mass is 16.5. The van der Waals surface area contributed by atoms with Crippen LogP contribution in [0.3, 0.4) is 0 Å². The van der Waals surface area contributed by atoms with Gasteiger partial charge >= 0.3 is 5.97 Å². The van der Waals surface area contributed by atoms with Crippen LogP contribution in [0.2, 0.25) is 0 Å². The number of ether oxygens (including phenoxy) is 1. The van der Waals surface area contributed by atoms with Gasteiger partial charge in [0.2, 0.25) is 5.91 Å². The molecule has 3 aromatic carbocycles. The number of amides is 2. The largest absolute Gasteiger partial charge is 0.496 e. The van der Waals surface area contributed by atoms with Crippen molar-refractivity contribution in [3.8, 4) is 22.9 Å². The SMILES string of the molecule is COc1ccccc1-c1cc2onc(C(=O)Nc3ccc(C#N)cc3C(=O)O)c2cc1N(C)C(C)=O. The maximum atomic E-state index is 13.1. The van der Waals surface area contributed by atoms with E-state index in [1.165, 1.54) is 31.1 Å². The fourth-order valence-electron chi connectivity index (χ4n) is 3.75. The molecule has 0 aliphatic rings. The summed E-state index contributed by atoms with van der Waals surface area (Å²) < 4.78 is 10.9. The van der Waals surface area contributed by atoms with Crippen molar-refractivity contribution in [2.45, 2.75) is 6.92 Å². The summed E-state index contributed by atoms with van der Waals surface area (Å²) in [5.74, 6) is -1.69.